The molecular formula is C24H29N3O3. The van der Waals surface area contributed by atoms with Crippen LogP contribution < -0.4 is 15.5 Å². The highest BCUT2D eigenvalue weighted by molar-refractivity contribution is 6.07. The van der Waals surface area contributed by atoms with Gasteiger partial charge in [0.2, 0.25) is 11.8 Å². The van der Waals surface area contributed by atoms with Gasteiger partial charge < -0.3 is 15.5 Å². The van der Waals surface area contributed by atoms with Crippen LogP contribution in [0.1, 0.15) is 50.0 Å². The summed E-state index contributed by atoms with van der Waals surface area (Å²) in [6.45, 7) is 8.11. The van der Waals surface area contributed by atoms with E-state index in [1.165, 1.54) is 5.56 Å². The molecule has 0 radical (unpaired) electrons. The Labute approximate surface area is 177 Å². The first-order valence-corrected chi connectivity index (χ1v) is 10.3. The highest BCUT2D eigenvalue weighted by Crippen LogP contribution is 2.27. The quantitative estimate of drug-likeness (QED) is 0.792. The van der Waals surface area contributed by atoms with E-state index in [2.05, 4.69) is 17.6 Å². The van der Waals surface area contributed by atoms with Gasteiger partial charge in [0.15, 0.2) is 0 Å². The largest absolute Gasteiger partial charge is 0.347 e. The summed E-state index contributed by atoms with van der Waals surface area (Å²) < 4.78 is 0. The SMILES string of the molecule is CCc1ccc(N2C[C@H](C(=O)Nc3ccccc3C(=O)NC(C)(C)C)CC2=O)cc1. The van der Waals surface area contributed by atoms with Gasteiger partial charge in [-0.05, 0) is 57.0 Å². The molecule has 2 aromatic carbocycles. The highest BCUT2D eigenvalue weighted by atomic mass is 16.2. The fraction of sp³-hybridized carbons (Fsp3) is 0.375. The molecule has 2 aromatic rings. The predicted octanol–water partition coefficient (Wildman–Crippen LogP) is 3.77. The van der Waals surface area contributed by atoms with E-state index in [1.54, 1.807) is 29.2 Å². The topological polar surface area (TPSA) is 78.5 Å². The van der Waals surface area contributed by atoms with Crippen LogP contribution in [-0.2, 0) is 16.0 Å². The van der Waals surface area contributed by atoms with E-state index in [1.807, 2.05) is 45.0 Å². The van der Waals surface area contributed by atoms with Crippen LogP contribution in [0.25, 0.3) is 0 Å². The van der Waals surface area contributed by atoms with Crippen molar-refractivity contribution in [2.24, 2.45) is 5.92 Å². The van der Waals surface area contributed by atoms with E-state index in [4.69, 9.17) is 0 Å². The van der Waals surface area contributed by atoms with E-state index in [0.29, 0.717) is 17.8 Å². The normalized spacial score (nSPS) is 16.5. The minimum Gasteiger partial charge on any atom is -0.347 e. The molecule has 1 saturated heterocycles. The fourth-order valence-electron chi connectivity index (χ4n) is 3.48. The van der Waals surface area contributed by atoms with Gasteiger partial charge in [-0.25, -0.2) is 0 Å². The van der Waals surface area contributed by atoms with Crippen LogP contribution in [0.5, 0.6) is 0 Å². The lowest BCUT2D eigenvalue weighted by atomic mass is 10.1. The lowest BCUT2D eigenvalue weighted by Gasteiger charge is -2.22. The molecule has 1 aliphatic rings. The molecule has 1 aliphatic heterocycles. The number of rotatable bonds is 5. The molecule has 6 nitrogen and oxygen atoms in total. The summed E-state index contributed by atoms with van der Waals surface area (Å²) in [6, 6.07) is 14.7. The molecular weight excluding hydrogens is 378 g/mol. The van der Waals surface area contributed by atoms with Crippen molar-refractivity contribution in [3.05, 3.63) is 59.7 Å². The van der Waals surface area contributed by atoms with Gasteiger partial charge in [-0.3, -0.25) is 14.4 Å². The third kappa shape index (κ3) is 5.06. The Balaban J connectivity index is 1.71. The Bertz CT molecular complexity index is 945. The molecule has 0 saturated carbocycles. The van der Waals surface area contributed by atoms with Crippen LogP contribution in [0, 0.1) is 5.92 Å². The molecule has 1 fully saturated rings. The highest BCUT2D eigenvalue weighted by Gasteiger charge is 2.35. The van der Waals surface area contributed by atoms with E-state index in [9.17, 15) is 14.4 Å². The van der Waals surface area contributed by atoms with Gasteiger partial charge in [-0.1, -0.05) is 31.2 Å². The number of carbonyl (C=O) groups excluding carboxylic acids is 3. The Morgan fingerprint density at radius 1 is 1.07 bits per heavy atom. The number of aryl methyl sites for hydroxylation is 1. The number of nitrogens with one attached hydrogen (secondary N) is 2. The maximum absolute atomic E-state index is 12.9. The minimum atomic E-state index is -0.470. The molecule has 1 heterocycles. The maximum atomic E-state index is 12.9. The van der Waals surface area contributed by atoms with Crippen LogP contribution in [-0.4, -0.2) is 29.8 Å². The van der Waals surface area contributed by atoms with Crippen molar-refractivity contribution in [3.63, 3.8) is 0 Å². The average Bonchev–Trinajstić information content (AvgIpc) is 3.09. The number of hydrogen-bond acceptors (Lipinski definition) is 3. The molecule has 0 aliphatic carbocycles. The van der Waals surface area contributed by atoms with Crippen LogP contribution in [0.3, 0.4) is 0 Å². The first-order chi connectivity index (χ1) is 14.2. The van der Waals surface area contributed by atoms with Gasteiger partial charge >= 0.3 is 0 Å². The van der Waals surface area contributed by atoms with Crippen LogP contribution in [0.4, 0.5) is 11.4 Å². The fourth-order valence-corrected chi connectivity index (χ4v) is 3.48. The average molecular weight is 408 g/mol. The summed E-state index contributed by atoms with van der Waals surface area (Å²) in [5, 5.41) is 5.76. The van der Waals surface area contributed by atoms with E-state index < -0.39 is 5.92 Å². The second kappa shape index (κ2) is 8.69. The second-order valence-electron chi connectivity index (χ2n) is 8.66. The van der Waals surface area contributed by atoms with E-state index in [0.717, 1.165) is 12.1 Å². The maximum Gasteiger partial charge on any atom is 0.253 e. The van der Waals surface area contributed by atoms with Gasteiger partial charge in [-0.2, -0.15) is 0 Å². The van der Waals surface area contributed by atoms with Crippen molar-refractivity contribution in [2.75, 3.05) is 16.8 Å². The third-order valence-electron chi connectivity index (χ3n) is 5.07. The first kappa shape index (κ1) is 21.6. The van der Waals surface area contributed by atoms with Gasteiger partial charge in [0, 0.05) is 24.2 Å². The molecule has 158 valence electrons. The van der Waals surface area contributed by atoms with Crippen molar-refractivity contribution in [2.45, 2.75) is 46.1 Å². The first-order valence-electron chi connectivity index (χ1n) is 10.3. The van der Waals surface area contributed by atoms with E-state index >= 15 is 0 Å². The van der Waals surface area contributed by atoms with Gasteiger partial charge in [0.25, 0.3) is 5.91 Å². The van der Waals surface area contributed by atoms with Crippen molar-refractivity contribution in [1.29, 1.82) is 0 Å². The molecule has 1 atom stereocenters. The zero-order valence-electron chi connectivity index (χ0n) is 18.0. The number of anilines is 2. The molecule has 0 aromatic heterocycles. The van der Waals surface area contributed by atoms with Gasteiger partial charge in [0.05, 0.1) is 17.2 Å². The summed E-state index contributed by atoms with van der Waals surface area (Å²) in [7, 11) is 0. The third-order valence-corrected chi connectivity index (χ3v) is 5.07. The number of benzene rings is 2. The summed E-state index contributed by atoms with van der Waals surface area (Å²) >= 11 is 0. The Hall–Kier alpha value is -3.15. The van der Waals surface area contributed by atoms with Crippen LogP contribution >= 0.6 is 0 Å². The number of amides is 3. The van der Waals surface area contributed by atoms with Crippen LogP contribution in [0.15, 0.2) is 48.5 Å². The minimum absolute atomic E-state index is 0.0711. The molecule has 0 bridgehead atoms. The zero-order valence-corrected chi connectivity index (χ0v) is 18.0. The zero-order chi connectivity index (χ0) is 21.9. The van der Waals surface area contributed by atoms with Crippen molar-refractivity contribution >= 4 is 29.1 Å². The molecule has 2 N–H and O–H groups in total. The Morgan fingerprint density at radius 3 is 2.37 bits per heavy atom. The summed E-state index contributed by atoms with van der Waals surface area (Å²) in [5.74, 6) is -1.05. The molecule has 30 heavy (non-hydrogen) atoms. The van der Waals surface area contributed by atoms with Crippen LogP contribution in [0.2, 0.25) is 0 Å². The van der Waals surface area contributed by atoms with Crippen molar-refractivity contribution < 1.29 is 14.4 Å². The molecule has 3 rings (SSSR count). The summed E-state index contributed by atoms with van der Waals surface area (Å²) in [5.41, 5.74) is 2.46. The Morgan fingerprint density at radius 2 is 1.73 bits per heavy atom. The summed E-state index contributed by atoms with van der Waals surface area (Å²) in [4.78, 5) is 39.6. The molecule has 0 spiro atoms. The van der Waals surface area contributed by atoms with E-state index in [-0.39, 0.29) is 29.7 Å². The smallest absolute Gasteiger partial charge is 0.253 e. The lowest BCUT2D eigenvalue weighted by Crippen LogP contribution is -2.41. The van der Waals surface area contributed by atoms with Gasteiger partial charge in [-0.15, -0.1) is 0 Å². The number of carbonyl (C=O) groups is 3. The standard InChI is InChI=1S/C24H29N3O3/c1-5-16-10-12-18(13-11-16)27-15-17(14-21(27)28)22(29)25-20-9-7-6-8-19(20)23(30)26-24(2,3)4/h6-13,17H,5,14-15H2,1-4H3,(H,25,29)(H,26,30)/t17-/m1/s1. The van der Waals surface area contributed by atoms with Crippen molar-refractivity contribution in [1.82, 2.24) is 5.32 Å². The Kier molecular flexibility index (Phi) is 6.25. The monoisotopic (exact) mass is 407 g/mol. The lowest BCUT2D eigenvalue weighted by molar-refractivity contribution is -0.122. The second-order valence-corrected chi connectivity index (χ2v) is 8.66. The molecule has 6 heteroatoms. The van der Waals surface area contributed by atoms with Gasteiger partial charge in [0.1, 0.15) is 0 Å². The summed E-state index contributed by atoms with van der Waals surface area (Å²) in [6.07, 6.45) is 1.08. The molecule has 3 amide bonds. The number of nitrogens with zero attached hydrogens (tertiary/aromatic N) is 1. The number of hydrogen-bond donors (Lipinski definition) is 2. The number of para-hydroxylation sites is 1. The predicted molar refractivity (Wildman–Crippen MR) is 119 cm³/mol. The van der Waals surface area contributed by atoms with Crippen molar-refractivity contribution in [3.8, 4) is 0 Å². The molecule has 0 unspecified atom stereocenters.